The molecule has 0 N–H and O–H groups in total. The van der Waals surface area contributed by atoms with Crippen LogP contribution in [0.25, 0.3) is 0 Å². The summed E-state index contributed by atoms with van der Waals surface area (Å²) < 4.78 is 5.69. The van der Waals surface area contributed by atoms with Crippen molar-refractivity contribution in [2.75, 3.05) is 0 Å². The van der Waals surface area contributed by atoms with Crippen LogP contribution in [-0.2, 0) is 0 Å². The van der Waals surface area contributed by atoms with Gasteiger partial charge in [0.2, 0.25) is 0 Å². The van der Waals surface area contributed by atoms with E-state index in [0.29, 0.717) is 4.83 Å². The number of halogens is 2. The molecule has 2 atom stereocenters. The Hall–Kier alpha value is 0.330. The van der Waals surface area contributed by atoms with Crippen molar-refractivity contribution in [3.05, 3.63) is 24.3 Å². The summed E-state index contributed by atoms with van der Waals surface area (Å²) in [5.74, 6) is 0.801. The van der Waals surface area contributed by atoms with Crippen LogP contribution in [0.2, 0.25) is 0 Å². The molecule has 4 heteroatoms. The molecule has 0 spiro atoms. The van der Waals surface area contributed by atoms with E-state index in [9.17, 15) is 0 Å². The molecular weight excluding hydrogens is 328 g/mol. The second-order valence-corrected chi connectivity index (χ2v) is 5.42. The Bertz CT molecular complexity index is 293. The fourth-order valence-electron chi connectivity index (χ4n) is 0.937. The van der Waals surface area contributed by atoms with Gasteiger partial charge in [0.15, 0.2) is 5.01 Å². The van der Waals surface area contributed by atoms with Gasteiger partial charge in [-0.05, 0) is 34.5 Å². The zero-order chi connectivity index (χ0) is 10.6. The number of hydrogen-bond donors (Lipinski definition) is 1. The van der Waals surface area contributed by atoms with E-state index in [4.69, 9.17) is 4.74 Å². The topological polar surface area (TPSA) is 9.23 Å². The fraction of sp³-hybridized carbons (Fsp3) is 0.400. The SMILES string of the molecule is CCC(Br)C(Br)Oc1ccccc1S. The van der Waals surface area contributed by atoms with Gasteiger partial charge in [-0.15, -0.1) is 12.6 Å². The van der Waals surface area contributed by atoms with Crippen molar-refractivity contribution < 1.29 is 4.74 Å². The van der Waals surface area contributed by atoms with Crippen LogP contribution >= 0.6 is 44.5 Å². The smallest absolute Gasteiger partial charge is 0.165 e. The minimum atomic E-state index is -0.0270. The fourth-order valence-corrected chi connectivity index (χ4v) is 1.83. The molecule has 0 saturated carbocycles. The molecule has 0 saturated heterocycles. The average Bonchev–Trinajstić information content (AvgIpc) is 2.20. The third kappa shape index (κ3) is 3.48. The second-order valence-electron chi connectivity index (χ2n) is 2.86. The average molecular weight is 340 g/mol. The molecule has 0 aromatic heterocycles. The first kappa shape index (κ1) is 12.4. The predicted octanol–water partition coefficient (Wildman–Crippen LogP) is 4.25. The summed E-state index contributed by atoms with van der Waals surface area (Å²) in [5, 5.41) is -0.0270. The number of para-hydroxylation sites is 1. The molecule has 1 aromatic rings. The molecule has 1 aromatic carbocycles. The number of alkyl halides is 2. The Labute approximate surface area is 107 Å². The maximum atomic E-state index is 5.69. The van der Waals surface area contributed by atoms with Crippen LogP contribution in [0, 0.1) is 0 Å². The van der Waals surface area contributed by atoms with Gasteiger partial charge < -0.3 is 4.74 Å². The summed E-state index contributed by atoms with van der Waals surface area (Å²) in [4.78, 5) is 1.16. The summed E-state index contributed by atoms with van der Waals surface area (Å²) in [7, 11) is 0. The van der Waals surface area contributed by atoms with Crippen molar-refractivity contribution in [1.29, 1.82) is 0 Å². The first-order valence-electron chi connectivity index (χ1n) is 4.38. The van der Waals surface area contributed by atoms with Gasteiger partial charge in [0.05, 0.1) is 4.83 Å². The molecule has 1 rings (SSSR count). The van der Waals surface area contributed by atoms with Gasteiger partial charge in [-0.3, -0.25) is 0 Å². The molecule has 0 aliphatic heterocycles. The molecule has 0 aliphatic rings. The lowest BCUT2D eigenvalue weighted by Crippen LogP contribution is -2.19. The van der Waals surface area contributed by atoms with E-state index in [1.165, 1.54) is 0 Å². The normalized spacial score (nSPS) is 14.9. The van der Waals surface area contributed by atoms with E-state index in [1.54, 1.807) is 0 Å². The van der Waals surface area contributed by atoms with Gasteiger partial charge in [-0.2, -0.15) is 0 Å². The number of benzene rings is 1. The van der Waals surface area contributed by atoms with Gasteiger partial charge in [0.1, 0.15) is 5.75 Å². The molecule has 14 heavy (non-hydrogen) atoms. The maximum Gasteiger partial charge on any atom is 0.165 e. The van der Waals surface area contributed by atoms with Gasteiger partial charge in [0, 0.05) is 4.90 Å². The molecule has 0 fully saturated rings. The van der Waals surface area contributed by atoms with Gasteiger partial charge in [-0.1, -0.05) is 35.0 Å². The monoisotopic (exact) mass is 338 g/mol. The molecule has 1 nitrogen and oxygen atoms in total. The first-order chi connectivity index (χ1) is 6.65. The van der Waals surface area contributed by atoms with Crippen molar-refractivity contribution in [2.45, 2.75) is 28.1 Å². The van der Waals surface area contributed by atoms with Gasteiger partial charge in [-0.25, -0.2) is 0 Å². The molecule has 78 valence electrons. The van der Waals surface area contributed by atoms with Crippen LogP contribution in [0.4, 0.5) is 0 Å². The summed E-state index contributed by atoms with van der Waals surface area (Å²) in [6.45, 7) is 2.10. The molecule has 0 radical (unpaired) electrons. The summed E-state index contributed by atoms with van der Waals surface area (Å²) in [6.07, 6.45) is 1.00. The third-order valence-electron chi connectivity index (χ3n) is 1.78. The van der Waals surface area contributed by atoms with Crippen LogP contribution in [0.5, 0.6) is 5.75 Å². The van der Waals surface area contributed by atoms with Crippen LogP contribution < -0.4 is 4.74 Å². The summed E-state index contributed by atoms with van der Waals surface area (Å²) in [5.41, 5.74) is 0. The van der Waals surface area contributed by atoms with E-state index < -0.39 is 0 Å². The highest BCUT2D eigenvalue weighted by atomic mass is 79.9. The highest BCUT2D eigenvalue weighted by Crippen LogP contribution is 2.27. The van der Waals surface area contributed by atoms with Crippen LogP contribution in [0.3, 0.4) is 0 Å². The number of thiol groups is 1. The zero-order valence-corrected chi connectivity index (χ0v) is 11.8. The first-order valence-corrected chi connectivity index (χ1v) is 6.65. The van der Waals surface area contributed by atoms with Gasteiger partial charge >= 0.3 is 0 Å². The lowest BCUT2D eigenvalue weighted by atomic mass is 10.3. The maximum absolute atomic E-state index is 5.69. The van der Waals surface area contributed by atoms with Crippen molar-refractivity contribution in [3.8, 4) is 5.75 Å². The zero-order valence-electron chi connectivity index (χ0n) is 7.78. The van der Waals surface area contributed by atoms with E-state index in [2.05, 4.69) is 51.4 Å². The third-order valence-corrected chi connectivity index (χ3v) is 4.81. The van der Waals surface area contributed by atoms with E-state index >= 15 is 0 Å². The lowest BCUT2D eigenvalue weighted by Gasteiger charge is -2.18. The highest BCUT2D eigenvalue weighted by Gasteiger charge is 2.15. The molecule has 0 heterocycles. The van der Waals surface area contributed by atoms with Crippen molar-refractivity contribution in [2.24, 2.45) is 0 Å². The molecular formula is C10H12Br2OS. The van der Waals surface area contributed by atoms with E-state index in [0.717, 1.165) is 17.1 Å². The Balaban J connectivity index is 2.64. The van der Waals surface area contributed by atoms with Gasteiger partial charge in [0.25, 0.3) is 0 Å². The van der Waals surface area contributed by atoms with Crippen molar-refractivity contribution in [3.63, 3.8) is 0 Å². The summed E-state index contributed by atoms with van der Waals surface area (Å²) in [6, 6.07) is 7.69. The number of rotatable bonds is 4. The van der Waals surface area contributed by atoms with Crippen LogP contribution in [-0.4, -0.2) is 9.84 Å². The van der Waals surface area contributed by atoms with Crippen molar-refractivity contribution >= 4 is 44.5 Å². The van der Waals surface area contributed by atoms with E-state index in [1.807, 2.05) is 24.3 Å². The molecule has 0 aliphatic carbocycles. The standard InChI is InChI=1S/C10H12Br2OS/c1-2-7(11)10(12)13-8-5-3-4-6-9(8)14/h3-7,10,14H,2H2,1H3. The highest BCUT2D eigenvalue weighted by molar-refractivity contribution is 9.12. The lowest BCUT2D eigenvalue weighted by molar-refractivity contribution is 0.283. The Morgan fingerprint density at radius 1 is 1.36 bits per heavy atom. The Morgan fingerprint density at radius 3 is 2.57 bits per heavy atom. The predicted molar refractivity (Wildman–Crippen MR) is 70.0 cm³/mol. The van der Waals surface area contributed by atoms with E-state index in [-0.39, 0.29) is 5.01 Å². The largest absolute Gasteiger partial charge is 0.477 e. The van der Waals surface area contributed by atoms with Crippen molar-refractivity contribution in [1.82, 2.24) is 0 Å². The van der Waals surface area contributed by atoms with Crippen LogP contribution in [0.15, 0.2) is 29.2 Å². The molecule has 0 amide bonds. The van der Waals surface area contributed by atoms with Crippen LogP contribution in [0.1, 0.15) is 13.3 Å². The Kier molecular flexibility index (Phi) is 5.34. The number of hydrogen-bond acceptors (Lipinski definition) is 2. The second kappa shape index (κ2) is 6.03. The number of ether oxygens (including phenoxy) is 1. The summed E-state index contributed by atoms with van der Waals surface area (Å²) >= 11 is 11.3. The molecule has 2 unspecified atom stereocenters. The minimum absolute atomic E-state index is 0.0270. The molecule has 0 bridgehead atoms. The quantitative estimate of drug-likeness (QED) is 0.637. The minimum Gasteiger partial charge on any atom is -0.477 e. The Morgan fingerprint density at radius 2 is 2.00 bits per heavy atom.